The van der Waals surface area contributed by atoms with Crippen LogP contribution in [0, 0.1) is 0 Å². The number of rotatable bonds is 6. The van der Waals surface area contributed by atoms with E-state index >= 15 is 0 Å². The molecular weight excluding hydrogens is 298 g/mol. The Morgan fingerprint density at radius 2 is 1.96 bits per heavy atom. The molecule has 1 saturated heterocycles. The van der Waals surface area contributed by atoms with E-state index in [1.54, 1.807) is 0 Å². The number of piperidine rings is 1. The number of anilines is 2. The van der Waals surface area contributed by atoms with Crippen molar-refractivity contribution >= 4 is 17.9 Å². The van der Waals surface area contributed by atoms with E-state index in [4.69, 9.17) is 9.84 Å². The number of carboxylic acids is 1. The van der Waals surface area contributed by atoms with Gasteiger partial charge in [0.2, 0.25) is 11.9 Å². The van der Waals surface area contributed by atoms with E-state index < -0.39 is 5.97 Å². The Kier molecular flexibility index (Phi) is 5.70. The minimum absolute atomic E-state index is 0.0120. The molecule has 0 atom stereocenters. The van der Waals surface area contributed by atoms with Crippen LogP contribution in [0.1, 0.15) is 38.4 Å². The van der Waals surface area contributed by atoms with Crippen molar-refractivity contribution in [3.63, 3.8) is 0 Å². The van der Waals surface area contributed by atoms with Gasteiger partial charge in [-0.15, -0.1) is 0 Å². The fourth-order valence-corrected chi connectivity index (χ4v) is 2.38. The second kappa shape index (κ2) is 7.54. The Hall–Kier alpha value is -1.96. The summed E-state index contributed by atoms with van der Waals surface area (Å²) >= 11 is 0. The molecule has 1 aliphatic heterocycles. The smallest absolute Gasteiger partial charge is 0.329 e. The first-order valence-electron chi connectivity index (χ1n) is 7.88. The highest BCUT2D eigenvalue weighted by molar-refractivity contribution is 5.68. The highest BCUT2D eigenvalue weighted by Crippen LogP contribution is 2.21. The van der Waals surface area contributed by atoms with E-state index in [2.05, 4.69) is 33.7 Å². The number of carboxylic acid groups (broad SMARTS) is 1. The van der Waals surface area contributed by atoms with Crippen molar-refractivity contribution < 1.29 is 14.6 Å². The molecule has 8 nitrogen and oxygen atoms in total. The fraction of sp³-hybridized carbons (Fsp3) is 0.733. The van der Waals surface area contributed by atoms with Crippen LogP contribution in [0.15, 0.2) is 0 Å². The van der Waals surface area contributed by atoms with Gasteiger partial charge in [0.1, 0.15) is 12.4 Å². The molecule has 2 heterocycles. The molecule has 0 spiro atoms. The van der Waals surface area contributed by atoms with Crippen LogP contribution >= 0.6 is 0 Å². The van der Waals surface area contributed by atoms with Crippen molar-refractivity contribution in [1.82, 2.24) is 15.0 Å². The predicted molar refractivity (Wildman–Crippen MR) is 87.1 cm³/mol. The standard InChI is InChI=1S/C15H25N5O3/c1-10(2)13-16-14(19(3)4)18-15(17-13)20-7-5-11(6-8-20)23-9-12(21)22/h10-11H,5-9H2,1-4H3,(H,21,22). The van der Waals surface area contributed by atoms with Crippen LogP contribution in [-0.2, 0) is 9.53 Å². The van der Waals surface area contributed by atoms with Crippen molar-refractivity contribution in [1.29, 1.82) is 0 Å². The maximum absolute atomic E-state index is 10.6. The topological polar surface area (TPSA) is 91.7 Å². The maximum Gasteiger partial charge on any atom is 0.329 e. The fourth-order valence-electron chi connectivity index (χ4n) is 2.38. The first kappa shape index (κ1) is 17.4. The lowest BCUT2D eigenvalue weighted by Crippen LogP contribution is -2.39. The van der Waals surface area contributed by atoms with Gasteiger partial charge in [0, 0.05) is 33.1 Å². The average molecular weight is 323 g/mol. The Balaban J connectivity index is 2.06. The van der Waals surface area contributed by atoms with Crippen LogP contribution < -0.4 is 9.80 Å². The van der Waals surface area contributed by atoms with Gasteiger partial charge in [0.05, 0.1) is 6.10 Å². The molecule has 0 radical (unpaired) electrons. The minimum Gasteiger partial charge on any atom is -0.480 e. The van der Waals surface area contributed by atoms with Gasteiger partial charge in [0.15, 0.2) is 0 Å². The van der Waals surface area contributed by atoms with Crippen LogP contribution in [0.3, 0.4) is 0 Å². The number of ether oxygens (including phenoxy) is 1. The average Bonchev–Trinajstić information content (AvgIpc) is 2.52. The highest BCUT2D eigenvalue weighted by Gasteiger charge is 2.23. The first-order valence-corrected chi connectivity index (χ1v) is 7.88. The largest absolute Gasteiger partial charge is 0.480 e. The summed E-state index contributed by atoms with van der Waals surface area (Å²) in [5.74, 6) is 1.42. The Bertz CT molecular complexity index is 516. The molecule has 1 N–H and O–H groups in total. The molecule has 1 fully saturated rings. The predicted octanol–water partition coefficient (Wildman–Crippen LogP) is 1.13. The van der Waals surface area contributed by atoms with Crippen LogP contribution in [0.25, 0.3) is 0 Å². The SMILES string of the molecule is CC(C)c1nc(N(C)C)nc(N2CCC(OCC(=O)O)CC2)n1. The Labute approximate surface area is 136 Å². The van der Waals surface area contributed by atoms with Gasteiger partial charge < -0.3 is 19.6 Å². The monoisotopic (exact) mass is 323 g/mol. The molecule has 128 valence electrons. The zero-order valence-electron chi connectivity index (χ0n) is 14.2. The van der Waals surface area contributed by atoms with Gasteiger partial charge in [0.25, 0.3) is 0 Å². The van der Waals surface area contributed by atoms with Crippen molar-refractivity contribution in [2.24, 2.45) is 0 Å². The van der Waals surface area contributed by atoms with Crippen molar-refractivity contribution in [2.75, 3.05) is 43.6 Å². The summed E-state index contributed by atoms with van der Waals surface area (Å²) in [5, 5.41) is 8.67. The van der Waals surface area contributed by atoms with Crippen molar-refractivity contribution in [2.45, 2.75) is 38.7 Å². The number of nitrogens with zero attached hydrogens (tertiary/aromatic N) is 5. The van der Waals surface area contributed by atoms with E-state index in [0.29, 0.717) is 11.9 Å². The van der Waals surface area contributed by atoms with Gasteiger partial charge in [-0.3, -0.25) is 0 Å². The normalized spacial score (nSPS) is 16.0. The molecule has 23 heavy (non-hydrogen) atoms. The number of carbonyl (C=O) groups is 1. The molecule has 1 aromatic heterocycles. The van der Waals surface area contributed by atoms with Crippen molar-refractivity contribution in [3.8, 4) is 0 Å². The third kappa shape index (κ3) is 4.75. The third-order valence-electron chi connectivity index (χ3n) is 3.71. The molecule has 8 heteroatoms. The second-order valence-electron chi connectivity index (χ2n) is 6.23. The molecule has 0 bridgehead atoms. The summed E-state index contributed by atoms with van der Waals surface area (Å²) in [4.78, 5) is 28.1. The zero-order chi connectivity index (χ0) is 17.0. The van der Waals surface area contributed by atoms with Crippen molar-refractivity contribution in [3.05, 3.63) is 5.82 Å². The summed E-state index contributed by atoms with van der Waals surface area (Å²) in [6.07, 6.45) is 1.53. The van der Waals surface area contributed by atoms with Gasteiger partial charge in [-0.05, 0) is 12.8 Å². The van der Waals surface area contributed by atoms with Gasteiger partial charge >= 0.3 is 5.97 Å². The van der Waals surface area contributed by atoms with E-state index in [1.807, 2.05) is 19.0 Å². The van der Waals surface area contributed by atoms with E-state index in [9.17, 15) is 4.79 Å². The molecular formula is C15H25N5O3. The lowest BCUT2D eigenvalue weighted by molar-refractivity contribution is -0.144. The second-order valence-corrected chi connectivity index (χ2v) is 6.23. The lowest BCUT2D eigenvalue weighted by atomic mass is 10.1. The molecule has 1 aromatic rings. The summed E-state index contributed by atoms with van der Waals surface area (Å²) in [7, 11) is 3.82. The Morgan fingerprint density at radius 1 is 1.30 bits per heavy atom. The van der Waals surface area contributed by atoms with Crippen LogP contribution in [0.4, 0.5) is 11.9 Å². The van der Waals surface area contributed by atoms with Gasteiger partial charge in [-0.25, -0.2) is 4.79 Å². The quantitative estimate of drug-likeness (QED) is 0.833. The highest BCUT2D eigenvalue weighted by atomic mass is 16.5. The number of aromatic nitrogens is 3. The van der Waals surface area contributed by atoms with Crippen LogP contribution in [-0.4, -0.2) is 65.9 Å². The molecule has 0 amide bonds. The number of hydrogen-bond donors (Lipinski definition) is 1. The summed E-state index contributed by atoms with van der Waals surface area (Å²) in [6, 6.07) is 0. The first-order chi connectivity index (χ1) is 10.9. The van der Waals surface area contributed by atoms with Gasteiger partial charge in [-0.1, -0.05) is 13.8 Å². The molecule has 0 aromatic carbocycles. The molecule has 2 rings (SSSR count). The van der Waals surface area contributed by atoms with E-state index in [-0.39, 0.29) is 18.6 Å². The molecule has 0 saturated carbocycles. The third-order valence-corrected chi connectivity index (χ3v) is 3.71. The number of aliphatic carboxylic acids is 1. The lowest BCUT2D eigenvalue weighted by Gasteiger charge is -2.32. The van der Waals surface area contributed by atoms with Gasteiger partial charge in [-0.2, -0.15) is 15.0 Å². The zero-order valence-corrected chi connectivity index (χ0v) is 14.2. The number of hydrogen-bond acceptors (Lipinski definition) is 7. The summed E-state index contributed by atoms with van der Waals surface area (Å²) in [6.45, 7) is 5.38. The minimum atomic E-state index is -0.929. The molecule has 0 aliphatic carbocycles. The van der Waals surface area contributed by atoms with Crippen LogP contribution in [0.2, 0.25) is 0 Å². The van der Waals surface area contributed by atoms with Crippen LogP contribution in [0.5, 0.6) is 0 Å². The van der Waals surface area contributed by atoms with E-state index in [1.165, 1.54) is 0 Å². The molecule has 1 aliphatic rings. The van der Waals surface area contributed by atoms with E-state index in [0.717, 1.165) is 31.8 Å². The summed E-state index contributed by atoms with van der Waals surface area (Å²) in [5.41, 5.74) is 0. The molecule has 0 unspecified atom stereocenters. The summed E-state index contributed by atoms with van der Waals surface area (Å²) < 4.78 is 5.36. The Morgan fingerprint density at radius 3 is 2.48 bits per heavy atom. The maximum atomic E-state index is 10.6.